The van der Waals surface area contributed by atoms with Gasteiger partial charge in [-0.2, -0.15) is 5.10 Å². The number of nitrogens with zero attached hydrogens (tertiary/aromatic N) is 1. The van der Waals surface area contributed by atoms with Crippen LogP contribution in [0.5, 0.6) is 5.75 Å². The maximum atomic E-state index is 12.9. The average molecular weight is 477 g/mol. The summed E-state index contributed by atoms with van der Waals surface area (Å²) in [4.78, 5) is 36.3. The molecule has 0 heterocycles. The molecule has 3 amide bonds. The molecule has 0 saturated heterocycles. The Labute approximate surface area is 202 Å². The molecular formula is C26H25FN4O4. The Hall–Kier alpha value is -4.53. The predicted octanol–water partition coefficient (Wildman–Crippen LogP) is 3.86. The molecule has 3 N–H and O–H groups in total. The molecule has 0 aliphatic carbocycles. The molecular weight excluding hydrogens is 451 g/mol. The molecule has 0 fully saturated rings. The molecule has 0 aliphatic heterocycles. The van der Waals surface area contributed by atoms with Crippen molar-refractivity contribution >= 4 is 35.3 Å². The van der Waals surface area contributed by atoms with E-state index in [1.165, 1.54) is 18.3 Å². The van der Waals surface area contributed by atoms with Gasteiger partial charge in [-0.25, -0.2) is 9.82 Å². The van der Waals surface area contributed by atoms with Gasteiger partial charge in [-0.05, 0) is 68.3 Å². The molecule has 180 valence electrons. The van der Waals surface area contributed by atoms with Crippen molar-refractivity contribution in [1.29, 1.82) is 0 Å². The van der Waals surface area contributed by atoms with Gasteiger partial charge >= 0.3 is 11.8 Å². The van der Waals surface area contributed by atoms with E-state index in [-0.39, 0.29) is 18.2 Å². The first kappa shape index (κ1) is 25.1. The van der Waals surface area contributed by atoms with Gasteiger partial charge in [0.2, 0.25) is 0 Å². The van der Waals surface area contributed by atoms with Crippen LogP contribution in [0.25, 0.3) is 0 Å². The Morgan fingerprint density at radius 1 is 0.914 bits per heavy atom. The van der Waals surface area contributed by atoms with E-state index >= 15 is 0 Å². The standard InChI is InChI=1S/C26H25FN4O4/c1-16-12-17(2)24(18(3)13-16)30-23(32)15-35-22-7-5-4-6-19(22)14-28-31-26(34)25(33)29-21-10-8-20(27)9-11-21/h4-14H,15H2,1-3H3,(H,29,33)(H,30,32)(H,31,34)/b28-14-. The highest BCUT2D eigenvalue weighted by molar-refractivity contribution is 6.39. The zero-order valence-corrected chi connectivity index (χ0v) is 19.5. The molecule has 0 aliphatic rings. The van der Waals surface area contributed by atoms with Crippen LogP contribution in [-0.2, 0) is 14.4 Å². The normalized spacial score (nSPS) is 10.6. The Bertz CT molecular complexity index is 1250. The summed E-state index contributed by atoms with van der Waals surface area (Å²) in [6, 6.07) is 15.7. The van der Waals surface area contributed by atoms with Crippen LogP contribution < -0.4 is 20.8 Å². The van der Waals surface area contributed by atoms with E-state index in [9.17, 15) is 18.8 Å². The van der Waals surface area contributed by atoms with Gasteiger partial charge in [-0.15, -0.1) is 0 Å². The van der Waals surface area contributed by atoms with E-state index in [0.29, 0.717) is 11.3 Å². The zero-order chi connectivity index (χ0) is 25.4. The molecule has 3 aromatic carbocycles. The smallest absolute Gasteiger partial charge is 0.329 e. The second-order valence-electron chi connectivity index (χ2n) is 7.81. The summed E-state index contributed by atoms with van der Waals surface area (Å²) in [6.07, 6.45) is 1.30. The molecule has 0 saturated carbocycles. The van der Waals surface area contributed by atoms with Crippen molar-refractivity contribution in [2.45, 2.75) is 20.8 Å². The van der Waals surface area contributed by atoms with Gasteiger partial charge in [0.25, 0.3) is 5.91 Å². The van der Waals surface area contributed by atoms with Crippen LogP contribution in [0.15, 0.2) is 65.8 Å². The van der Waals surface area contributed by atoms with E-state index in [1.54, 1.807) is 24.3 Å². The molecule has 35 heavy (non-hydrogen) atoms. The largest absolute Gasteiger partial charge is 0.483 e. The summed E-state index contributed by atoms with van der Waals surface area (Å²) in [5.74, 6) is -2.38. The first-order chi connectivity index (χ1) is 16.7. The van der Waals surface area contributed by atoms with Crippen LogP contribution in [0.2, 0.25) is 0 Å². The molecule has 0 aromatic heterocycles. The Morgan fingerprint density at radius 3 is 2.26 bits per heavy atom. The number of nitrogens with one attached hydrogen (secondary N) is 3. The minimum atomic E-state index is -1.01. The van der Waals surface area contributed by atoms with E-state index in [1.807, 2.05) is 32.9 Å². The lowest BCUT2D eigenvalue weighted by atomic mass is 10.1. The SMILES string of the molecule is Cc1cc(C)c(NC(=O)COc2ccccc2/C=N\NC(=O)C(=O)Nc2ccc(F)cc2)c(C)c1. The van der Waals surface area contributed by atoms with Gasteiger partial charge in [-0.3, -0.25) is 14.4 Å². The summed E-state index contributed by atoms with van der Waals surface area (Å²) >= 11 is 0. The lowest BCUT2D eigenvalue weighted by Gasteiger charge is -2.14. The van der Waals surface area contributed by atoms with E-state index in [0.717, 1.165) is 34.5 Å². The molecule has 0 radical (unpaired) electrons. The molecule has 0 unspecified atom stereocenters. The third kappa shape index (κ3) is 7.23. The van der Waals surface area contributed by atoms with Gasteiger partial charge in [-0.1, -0.05) is 29.8 Å². The van der Waals surface area contributed by atoms with E-state index in [4.69, 9.17) is 4.74 Å². The topological polar surface area (TPSA) is 109 Å². The summed E-state index contributed by atoms with van der Waals surface area (Å²) in [5.41, 5.74) is 6.65. The first-order valence-corrected chi connectivity index (χ1v) is 10.7. The van der Waals surface area contributed by atoms with Crippen molar-refractivity contribution < 1.29 is 23.5 Å². The lowest BCUT2D eigenvalue weighted by molar-refractivity contribution is -0.136. The highest BCUT2D eigenvalue weighted by atomic mass is 19.1. The predicted molar refractivity (Wildman–Crippen MR) is 132 cm³/mol. The number of rotatable bonds is 7. The molecule has 3 rings (SSSR count). The molecule has 0 bridgehead atoms. The number of aryl methyl sites for hydroxylation is 3. The maximum Gasteiger partial charge on any atom is 0.329 e. The van der Waals surface area contributed by atoms with Crippen LogP contribution in [-0.4, -0.2) is 30.5 Å². The van der Waals surface area contributed by atoms with Gasteiger partial charge in [0.05, 0.1) is 6.21 Å². The second kappa shape index (κ2) is 11.6. The number of hydrogen-bond acceptors (Lipinski definition) is 5. The van der Waals surface area contributed by atoms with Crippen molar-refractivity contribution in [2.24, 2.45) is 5.10 Å². The van der Waals surface area contributed by atoms with Gasteiger partial charge in [0, 0.05) is 16.9 Å². The van der Waals surface area contributed by atoms with Crippen molar-refractivity contribution in [1.82, 2.24) is 5.43 Å². The highest BCUT2D eigenvalue weighted by Gasteiger charge is 2.13. The summed E-state index contributed by atoms with van der Waals surface area (Å²) in [7, 11) is 0. The highest BCUT2D eigenvalue weighted by Crippen LogP contribution is 2.22. The summed E-state index contributed by atoms with van der Waals surface area (Å²) in [6.45, 7) is 5.62. The van der Waals surface area contributed by atoms with Gasteiger partial charge in [0.1, 0.15) is 11.6 Å². The average Bonchev–Trinajstić information content (AvgIpc) is 2.82. The number of hydrazone groups is 1. The van der Waals surface area contributed by atoms with E-state index in [2.05, 4.69) is 21.2 Å². The van der Waals surface area contributed by atoms with Crippen LogP contribution in [0.4, 0.5) is 15.8 Å². The Kier molecular flexibility index (Phi) is 8.29. The fourth-order valence-corrected chi connectivity index (χ4v) is 3.35. The number of ether oxygens (including phenoxy) is 1. The number of amides is 3. The van der Waals surface area contributed by atoms with Crippen LogP contribution >= 0.6 is 0 Å². The number of carbonyl (C=O) groups is 3. The van der Waals surface area contributed by atoms with Crippen molar-refractivity contribution in [3.63, 3.8) is 0 Å². The first-order valence-electron chi connectivity index (χ1n) is 10.7. The molecule has 3 aromatic rings. The number of benzene rings is 3. The number of anilines is 2. The molecule has 8 nitrogen and oxygen atoms in total. The molecule has 9 heteroatoms. The Balaban J connectivity index is 1.55. The zero-order valence-electron chi connectivity index (χ0n) is 19.5. The fraction of sp³-hybridized carbons (Fsp3) is 0.154. The lowest BCUT2D eigenvalue weighted by Crippen LogP contribution is -2.32. The van der Waals surface area contributed by atoms with Crippen LogP contribution in [0.3, 0.4) is 0 Å². The van der Waals surface area contributed by atoms with E-state index < -0.39 is 17.6 Å². The van der Waals surface area contributed by atoms with Crippen molar-refractivity contribution in [2.75, 3.05) is 17.2 Å². The third-order valence-corrected chi connectivity index (χ3v) is 4.90. The third-order valence-electron chi connectivity index (χ3n) is 4.90. The number of carbonyl (C=O) groups excluding carboxylic acids is 3. The number of halogens is 1. The van der Waals surface area contributed by atoms with Crippen molar-refractivity contribution in [3.8, 4) is 5.75 Å². The number of para-hydroxylation sites is 1. The minimum absolute atomic E-state index is 0.232. The number of hydrogen-bond donors (Lipinski definition) is 3. The maximum absolute atomic E-state index is 12.9. The van der Waals surface area contributed by atoms with Gasteiger partial charge < -0.3 is 15.4 Å². The fourth-order valence-electron chi connectivity index (χ4n) is 3.35. The van der Waals surface area contributed by atoms with Gasteiger partial charge in [0.15, 0.2) is 6.61 Å². The quantitative estimate of drug-likeness (QED) is 0.273. The molecule has 0 spiro atoms. The van der Waals surface area contributed by atoms with Crippen LogP contribution in [0.1, 0.15) is 22.3 Å². The van der Waals surface area contributed by atoms with Crippen molar-refractivity contribution in [3.05, 3.63) is 88.7 Å². The summed E-state index contributed by atoms with van der Waals surface area (Å²) in [5, 5.41) is 8.98. The Morgan fingerprint density at radius 2 is 1.57 bits per heavy atom. The second-order valence-corrected chi connectivity index (χ2v) is 7.81. The monoisotopic (exact) mass is 476 g/mol. The minimum Gasteiger partial charge on any atom is -0.483 e. The van der Waals surface area contributed by atoms with Crippen LogP contribution in [0, 0.1) is 26.6 Å². The molecule has 0 atom stereocenters. The summed E-state index contributed by atoms with van der Waals surface area (Å²) < 4.78 is 18.6.